The molecule has 17 heavy (non-hydrogen) atoms. The van der Waals surface area contributed by atoms with E-state index in [2.05, 4.69) is 27.8 Å². The van der Waals surface area contributed by atoms with Crippen molar-refractivity contribution in [2.75, 3.05) is 13.1 Å². The molecule has 0 spiro atoms. The van der Waals surface area contributed by atoms with Gasteiger partial charge in [-0.15, -0.1) is 3.63 Å². The van der Waals surface area contributed by atoms with E-state index in [0.717, 1.165) is 13.1 Å². The van der Waals surface area contributed by atoms with Gasteiger partial charge < -0.3 is 5.32 Å². The van der Waals surface area contributed by atoms with Crippen LogP contribution in [0.4, 0.5) is 0 Å². The minimum absolute atomic E-state index is 0.581. The van der Waals surface area contributed by atoms with E-state index in [9.17, 15) is 16.8 Å². The third-order valence-electron chi connectivity index (χ3n) is 1.42. The fourth-order valence-electron chi connectivity index (χ4n) is 0.912. The third kappa shape index (κ3) is 10.1. The normalized spacial score (nSPS) is 15.9. The molecule has 0 aromatic rings. The first-order chi connectivity index (χ1) is 7.51. The SMILES string of the molecule is CC(C)C1=NCCN1.O=S(=O)(O)OS(=O)(=O)O. The molecule has 0 saturated heterocycles. The van der Waals surface area contributed by atoms with Gasteiger partial charge in [-0.2, -0.15) is 16.8 Å². The Balaban J connectivity index is 0.000000302. The summed E-state index contributed by atoms with van der Waals surface area (Å²) in [7, 11) is -10.2. The summed E-state index contributed by atoms with van der Waals surface area (Å²) in [4.78, 5) is 4.24. The van der Waals surface area contributed by atoms with Crippen molar-refractivity contribution >= 4 is 26.6 Å². The van der Waals surface area contributed by atoms with E-state index in [1.54, 1.807) is 0 Å². The van der Waals surface area contributed by atoms with Crippen molar-refractivity contribution in [3.05, 3.63) is 0 Å². The quantitative estimate of drug-likeness (QED) is 0.576. The van der Waals surface area contributed by atoms with Crippen LogP contribution in [-0.4, -0.2) is 44.9 Å². The topological polar surface area (TPSA) is 142 Å². The zero-order valence-electron chi connectivity index (χ0n) is 9.19. The van der Waals surface area contributed by atoms with Crippen molar-refractivity contribution in [1.29, 1.82) is 0 Å². The molecule has 1 aliphatic heterocycles. The van der Waals surface area contributed by atoms with Crippen LogP contribution in [0.3, 0.4) is 0 Å². The van der Waals surface area contributed by atoms with Gasteiger partial charge in [0.05, 0.1) is 12.4 Å². The maximum atomic E-state index is 9.44. The molecule has 0 saturated carbocycles. The van der Waals surface area contributed by atoms with Gasteiger partial charge in [0, 0.05) is 12.5 Å². The molecule has 0 bridgehead atoms. The molecule has 0 amide bonds. The number of hydrogen-bond donors (Lipinski definition) is 3. The number of nitrogens with one attached hydrogen (secondary N) is 1. The van der Waals surface area contributed by atoms with E-state index >= 15 is 0 Å². The van der Waals surface area contributed by atoms with E-state index in [1.807, 2.05) is 0 Å². The molecule has 1 heterocycles. The van der Waals surface area contributed by atoms with Crippen molar-refractivity contribution in [2.45, 2.75) is 13.8 Å². The van der Waals surface area contributed by atoms with E-state index < -0.39 is 20.8 Å². The van der Waals surface area contributed by atoms with Crippen LogP contribution in [0.2, 0.25) is 0 Å². The Kier molecular flexibility index (Phi) is 5.98. The molecule has 0 unspecified atom stereocenters. The van der Waals surface area contributed by atoms with Crippen LogP contribution < -0.4 is 5.32 Å². The molecule has 9 nitrogen and oxygen atoms in total. The first-order valence-electron chi connectivity index (χ1n) is 4.45. The summed E-state index contributed by atoms with van der Waals surface area (Å²) in [5, 5.41) is 3.21. The van der Waals surface area contributed by atoms with Gasteiger partial charge >= 0.3 is 20.8 Å². The van der Waals surface area contributed by atoms with Crippen molar-refractivity contribution in [3.8, 4) is 0 Å². The van der Waals surface area contributed by atoms with Crippen LogP contribution in [0.5, 0.6) is 0 Å². The van der Waals surface area contributed by atoms with Gasteiger partial charge in [0.15, 0.2) is 0 Å². The van der Waals surface area contributed by atoms with Crippen LogP contribution in [-0.2, 0) is 24.4 Å². The Morgan fingerprint density at radius 3 is 1.82 bits per heavy atom. The van der Waals surface area contributed by atoms with Crippen molar-refractivity contribution in [2.24, 2.45) is 10.9 Å². The lowest BCUT2D eigenvalue weighted by molar-refractivity contribution is 0.344. The number of hydrogen-bond acceptors (Lipinski definition) is 7. The maximum absolute atomic E-state index is 9.44. The number of amidine groups is 1. The minimum Gasteiger partial charge on any atom is -0.372 e. The summed E-state index contributed by atoms with van der Waals surface area (Å²) in [6.07, 6.45) is 0. The molecular formula is C6H14N2O7S2. The third-order valence-corrected chi connectivity index (χ3v) is 2.79. The lowest BCUT2D eigenvalue weighted by atomic mass is 10.2. The van der Waals surface area contributed by atoms with Gasteiger partial charge in [-0.1, -0.05) is 13.8 Å². The van der Waals surface area contributed by atoms with E-state index in [-0.39, 0.29) is 0 Å². The predicted molar refractivity (Wildman–Crippen MR) is 59.3 cm³/mol. The summed E-state index contributed by atoms with van der Waals surface area (Å²) in [6, 6.07) is 0. The molecule has 1 rings (SSSR count). The van der Waals surface area contributed by atoms with Gasteiger partial charge in [0.25, 0.3) is 0 Å². The smallest absolute Gasteiger partial charge is 0.372 e. The van der Waals surface area contributed by atoms with Crippen LogP contribution in [0, 0.1) is 5.92 Å². The monoisotopic (exact) mass is 290 g/mol. The zero-order valence-corrected chi connectivity index (χ0v) is 10.8. The Bertz CT molecular complexity index is 435. The number of aliphatic imine (C=N–C) groups is 1. The van der Waals surface area contributed by atoms with Crippen molar-refractivity contribution in [1.82, 2.24) is 5.32 Å². The van der Waals surface area contributed by atoms with E-state index in [0.29, 0.717) is 5.92 Å². The number of rotatable bonds is 3. The van der Waals surface area contributed by atoms with Crippen LogP contribution in [0.1, 0.15) is 13.8 Å². The molecule has 0 aromatic heterocycles. The highest BCUT2D eigenvalue weighted by Gasteiger charge is 2.15. The van der Waals surface area contributed by atoms with Crippen molar-refractivity contribution < 1.29 is 29.6 Å². The van der Waals surface area contributed by atoms with Gasteiger partial charge in [0.2, 0.25) is 0 Å². The lowest BCUT2D eigenvalue weighted by Gasteiger charge is -2.02. The Morgan fingerprint density at radius 2 is 1.71 bits per heavy atom. The van der Waals surface area contributed by atoms with Gasteiger partial charge in [-0.25, -0.2) is 0 Å². The highest BCUT2D eigenvalue weighted by Crippen LogP contribution is 1.97. The molecule has 0 aromatic carbocycles. The Morgan fingerprint density at radius 1 is 1.24 bits per heavy atom. The molecule has 0 fully saturated rings. The molecule has 1 aliphatic rings. The second kappa shape index (κ2) is 6.26. The van der Waals surface area contributed by atoms with E-state index in [1.165, 1.54) is 5.84 Å². The summed E-state index contributed by atoms with van der Waals surface area (Å²) < 4.78 is 55.6. The fourth-order valence-corrected chi connectivity index (χ4v) is 1.78. The first kappa shape index (κ1) is 16.2. The van der Waals surface area contributed by atoms with Crippen molar-refractivity contribution in [3.63, 3.8) is 0 Å². The lowest BCUT2D eigenvalue weighted by Crippen LogP contribution is -2.23. The minimum atomic E-state index is -5.12. The largest absolute Gasteiger partial charge is 0.413 e. The molecule has 0 atom stereocenters. The summed E-state index contributed by atoms with van der Waals surface area (Å²) in [6.45, 7) is 6.30. The molecule has 3 N–H and O–H groups in total. The predicted octanol–water partition coefficient (Wildman–Crippen LogP) is -0.747. The van der Waals surface area contributed by atoms with Crippen LogP contribution in [0.25, 0.3) is 0 Å². The average molecular weight is 290 g/mol. The fraction of sp³-hybridized carbons (Fsp3) is 0.833. The van der Waals surface area contributed by atoms with E-state index in [4.69, 9.17) is 9.11 Å². The molecule has 0 radical (unpaired) electrons. The molecule has 11 heteroatoms. The van der Waals surface area contributed by atoms with Crippen LogP contribution >= 0.6 is 0 Å². The average Bonchev–Trinajstić information content (AvgIpc) is 2.47. The molecule has 0 aliphatic carbocycles. The van der Waals surface area contributed by atoms with Crippen LogP contribution in [0.15, 0.2) is 4.99 Å². The highest BCUT2D eigenvalue weighted by atomic mass is 32.3. The molecular weight excluding hydrogens is 276 g/mol. The highest BCUT2D eigenvalue weighted by molar-refractivity contribution is 7.94. The summed E-state index contributed by atoms with van der Waals surface area (Å²) >= 11 is 0. The van der Waals surface area contributed by atoms with Gasteiger partial charge in [-0.3, -0.25) is 14.1 Å². The molecule has 102 valence electrons. The Hall–Kier alpha value is -0.750. The standard InChI is InChI=1S/C6H12N2.H2O7S2/c1-5(2)6-7-3-4-8-6;1-8(2,3)7-9(4,5)6/h5H,3-4H2,1-2H3,(H,7,8);(H,1,2,3)(H,4,5,6). The summed E-state index contributed by atoms with van der Waals surface area (Å²) in [5.41, 5.74) is 0. The van der Waals surface area contributed by atoms with Gasteiger partial charge in [0.1, 0.15) is 0 Å². The Labute approximate surface area is 99.8 Å². The van der Waals surface area contributed by atoms with Gasteiger partial charge in [-0.05, 0) is 0 Å². The summed E-state index contributed by atoms with van der Waals surface area (Å²) in [5.74, 6) is 1.75. The first-order valence-corrected chi connectivity index (χ1v) is 7.18. The number of nitrogens with zero attached hydrogens (tertiary/aromatic N) is 1. The maximum Gasteiger partial charge on any atom is 0.413 e. The zero-order chi connectivity index (χ0) is 13.7. The second-order valence-electron chi connectivity index (χ2n) is 3.27. The second-order valence-corrected chi connectivity index (χ2v) is 5.53.